The molecule has 0 fully saturated rings. The van der Waals surface area contributed by atoms with Crippen LogP contribution in [0.1, 0.15) is 32.2 Å². The summed E-state index contributed by atoms with van der Waals surface area (Å²) in [6, 6.07) is 16.5. The maximum Gasteiger partial charge on any atom is 0.338 e. The molecule has 6 heteroatoms. The van der Waals surface area contributed by atoms with Crippen LogP contribution in [0.25, 0.3) is 0 Å². The minimum atomic E-state index is -0.376. The third kappa shape index (κ3) is 4.94. The van der Waals surface area contributed by atoms with Gasteiger partial charge in [0.05, 0.1) is 27.9 Å². The Morgan fingerprint density at radius 3 is 2.77 bits per heavy atom. The predicted molar refractivity (Wildman–Crippen MR) is 103 cm³/mol. The lowest BCUT2D eigenvalue weighted by molar-refractivity contribution is 0.0472. The van der Waals surface area contributed by atoms with E-state index in [9.17, 15) is 4.79 Å². The Hall–Kier alpha value is -2.62. The van der Waals surface area contributed by atoms with Gasteiger partial charge in [0.15, 0.2) is 0 Å². The lowest BCUT2D eigenvalue weighted by Crippen LogP contribution is -2.05. The summed E-state index contributed by atoms with van der Waals surface area (Å²) in [4.78, 5) is 17.7. The van der Waals surface area contributed by atoms with Crippen LogP contribution in [0.3, 0.4) is 0 Å². The van der Waals surface area contributed by atoms with Gasteiger partial charge >= 0.3 is 5.97 Å². The first-order valence-electron chi connectivity index (χ1n) is 7.94. The second kappa shape index (κ2) is 8.65. The van der Waals surface area contributed by atoms with E-state index in [0.717, 1.165) is 26.9 Å². The summed E-state index contributed by atoms with van der Waals surface area (Å²) in [5.74, 6) is 0.433. The summed E-state index contributed by atoms with van der Waals surface area (Å²) in [5.41, 5.74) is 2.93. The van der Waals surface area contributed by atoms with E-state index in [2.05, 4.69) is 16.4 Å². The van der Waals surface area contributed by atoms with Gasteiger partial charge in [-0.15, -0.1) is 23.1 Å². The summed E-state index contributed by atoms with van der Waals surface area (Å²) in [7, 11) is 0. The van der Waals surface area contributed by atoms with Crippen molar-refractivity contribution in [3.8, 4) is 6.07 Å². The number of hydrogen-bond acceptors (Lipinski definition) is 6. The van der Waals surface area contributed by atoms with Gasteiger partial charge in [-0.05, 0) is 48.9 Å². The molecule has 0 aliphatic rings. The highest BCUT2D eigenvalue weighted by molar-refractivity contribution is 7.98. The first-order chi connectivity index (χ1) is 12.6. The van der Waals surface area contributed by atoms with Crippen LogP contribution >= 0.6 is 23.1 Å². The van der Waals surface area contributed by atoms with Crippen molar-refractivity contribution in [2.45, 2.75) is 24.2 Å². The minimum absolute atomic E-state index is 0.147. The summed E-state index contributed by atoms with van der Waals surface area (Å²) >= 11 is 3.33. The van der Waals surface area contributed by atoms with Gasteiger partial charge in [-0.2, -0.15) is 5.26 Å². The van der Waals surface area contributed by atoms with Crippen LogP contribution in [-0.2, 0) is 17.1 Å². The Balaban J connectivity index is 1.54. The summed E-state index contributed by atoms with van der Waals surface area (Å²) in [6.07, 6.45) is 0. The molecular weight excluding hydrogens is 364 g/mol. The van der Waals surface area contributed by atoms with Gasteiger partial charge in [0, 0.05) is 16.0 Å². The molecule has 1 heterocycles. The van der Waals surface area contributed by atoms with Crippen LogP contribution in [0.5, 0.6) is 0 Å². The second-order valence-electron chi connectivity index (χ2n) is 5.56. The molecule has 2 aromatic carbocycles. The van der Waals surface area contributed by atoms with E-state index in [0.29, 0.717) is 11.1 Å². The zero-order valence-electron chi connectivity index (χ0n) is 14.1. The van der Waals surface area contributed by atoms with Gasteiger partial charge < -0.3 is 4.74 Å². The SMILES string of the molecule is Cc1nc(CSc2ccc(C(=O)OCc3cccc(C#N)c3)cc2)cs1. The van der Waals surface area contributed by atoms with Crippen LogP contribution in [0.2, 0.25) is 0 Å². The van der Waals surface area contributed by atoms with Crippen molar-refractivity contribution < 1.29 is 9.53 Å². The van der Waals surface area contributed by atoms with E-state index < -0.39 is 0 Å². The first kappa shape index (κ1) is 18.2. The van der Waals surface area contributed by atoms with Crippen LogP contribution in [0, 0.1) is 18.3 Å². The Labute approximate surface area is 160 Å². The number of thioether (sulfide) groups is 1. The molecule has 0 amide bonds. The quantitative estimate of drug-likeness (QED) is 0.446. The molecular formula is C20H16N2O2S2. The Morgan fingerprint density at radius 1 is 1.27 bits per heavy atom. The van der Waals surface area contributed by atoms with Crippen molar-refractivity contribution in [2.24, 2.45) is 0 Å². The van der Waals surface area contributed by atoms with E-state index in [1.54, 1.807) is 53.4 Å². The number of ether oxygens (including phenoxy) is 1. The Bertz CT molecular complexity index is 943. The van der Waals surface area contributed by atoms with Crippen molar-refractivity contribution in [3.05, 3.63) is 81.3 Å². The van der Waals surface area contributed by atoms with Crippen LogP contribution in [-0.4, -0.2) is 11.0 Å². The predicted octanol–water partition coefficient (Wildman–Crippen LogP) is 4.97. The molecule has 0 saturated carbocycles. The molecule has 0 atom stereocenters. The van der Waals surface area contributed by atoms with Crippen molar-refractivity contribution >= 4 is 29.1 Å². The smallest absolute Gasteiger partial charge is 0.338 e. The zero-order chi connectivity index (χ0) is 18.4. The number of carbonyl (C=O) groups excluding carboxylic acids is 1. The van der Waals surface area contributed by atoms with Gasteiger partial charge in [0.25, 0.3) is 0 Å². The van der Waals surface area contributed by atoms with Gasteiger partial charge in [0.2, 0.25) is 0 Å². The molecule has 1 aromatic heterocycles. The molecule has 3 rings (SSSR count). The number of nitrogens with zero attached hydrogens (tertiary/aromatic N) is 2. The number of rotatable bonds is 6. The summed E-state index contributed by atoms with van der Waals surface area (Å²) in [6.45, 7) is 2.14. The van der Waals surface area contributed by atoms with Gasteiger partial charge in [-0.25, -0.2) is 9.78 Å². The maximum absolute atomic E-state index is 12.2. The highest BCUT2D eigenvalue weighted by Gasteiger charge is 2.08. The molecule has 130 valence electrons. The highest BCUT2D eigenvalue weighted by Crippen LogP contribution is 2.24. The van der Waals surface area contributed by atoms with Crippen LogP contribution in [0.4, 0.5) is 0 Å². The van der Waals surface area contributed by atoms with E-state index in [1.807, 2.05) is 25.1 Å². The molecule has 0 unspecified atom stereocenters. The molecule has 0 aliphatic carbocycles. The highest BCUT2D eigenvalue weighted by atomic mass is 32.2. The molecule has 0 radical (unpaired) electrons. The molecule has 3 aromatic rings. The standard InChI is InChI=1S/C20H16N2O2S2/c1-14-22-18(12-25-14)13-26-19-7-5-17(6-8-19)20(23)24-11-16-4-2-3-15(9-16)10-21/h2-9,12H,11,13H2,1H3. The van der Waals surface area contributed by atoms with Gasteiger partial charge in [-0.1, -0.05) is 12.1 Å². The number of aryl methyl sites for hydroxylation is 1. The third-order valence-electron chi connectivity index (χ3n) is 3.57. The number of esters is 1. The van der Waals surface area contributed by atoms with Crippen molar-refractivity contribution in [1.29, 1.82) is 5.26 Å². The van der Waals surface area contributed by atoms with Crippen molar-refractivity contribution in [1.82, 2.24) is 4.98 Å². The second-order valence-corrected chi connectivity index (χ2v) is 7.67. The fourth-order valence-electron chi connectivity index (χ4n) is 2.28. The topological polar surface area (TPSA) is 63.0 Å². The summed E-state index contributed by atoms with van der Waals surface area (Å²) < 4.78 is 5.32. The number of aromatic nitrogens is 1. The lowest BCUT2D eigenvalue weighted by Gasteiger charge is -2.06. The number of thiazole rings is 1. The van der Waals surface area contributed by atoms with E-state index >= 15 is 0 Å². The zero-order valence-corrected chi connectivity index (χ0v) is 15.8. The molecule has 0 spiro atoms. The molecule has 0 saturated heterocycles. The lowest BCUT2D eigenvalue weighted by atomic mass is 10.1. The average Bonchev–Trinajstić information content (AvgIpc) is 3.10. The van der Waals surface area contributed by atoms with Crippen molar-refractivity contribution in [3.63, 3.8) is 0 Å². The van der Waals surface area contributed by atoms with Crippen molar-refractivity contribution in [2.75, 3.05) is 0 Å². The largest absolute Gasteiger partial charge is 0.457 e. The molecule has 0 bridgehead atoms. The minimum Gasteiger partial charge on any atom is -0.457 e. The fourth-order valence-corrected chi connectivity index (χ4v) is 3.79. The normalized spacial score (nSPS) is 10.3. The monoisotopic (exact) mass is 380 g/mol. The van der Waals surface area contributed by atoms with Gasteiger partial charge in [-0.3, -0.25) is 0 Å². The number of nitriles is 1. The number of benzene rings is 2. The average molecular weight is 380 g/mol. The van der Waals surface area contributed by atoms with Crippen LogP contribution in [0.15, 0.2) is 58.8 Å². The number of hydrogen-bond donors (Lipinski definition) is 0. The Morgan fingerprint density at radius 2 is 2.08 bits per heavy atom. The number of carbonyl (C=O) groups is 1. The maximum atomic E-state index is 12.2. The van der Waals surface area contributed by atoms with E-state index in [-0.39, 0.29) is 12.6 Å². The van der Waals surface area contributed by atoms with E-state index in [4.69, 9.17) is 10.00 Å². The molecule has 0 aliphatic heterocycles. The van der Waals surface area contributed by atoms with E-state index in [1.165, 1.54) is 0 Å². The molecule has 0 N–H and O–H groups in total. The van der Waals surface area contributed by atoms with Gasteiger partial charge in [0.1, 0.15) is 6.61 Å². The Kier molecular flexibility index (Phi) is 6.05. The summed E-state index contributed by atoms with van der Waals surface area (Å²) in [5, 5.41) is 12.0. The molecule has 26 heavy (non-hydrogen) atoms. The third-order valence-corrected chi connectivity index (χ3v) is 5.44. The molecule has 4 nitrogen and oxygen atoms in total. The first-order valence-corrected chi connectivity index (χ1v) is 9.80. The van der Waals surface area contributed by atoms with Crippen LogP contribution < -0.4 is 0 Å². The fraction of sp³-hybridized carbons (Fsp3) is 0.150.